The second kappa shape index (κ2) is 6.29. The molecule has 0 radical (unpaired) electrons. The first kappa shape index (κ1) is 15.3. The van der Waals surface area contributed by atoms with E-state index >= 15 is 0 Å². The Morgan fingerprint density at radius 3 is 2.71 bits per heavy atom. The van der Waals surface area contributed by atoms with Crippen LogP contribution in [0.1, 0.15) is 15.9 Å². The zero-order chi connectivity index (χ0) is 17.1. The molecule has 8 heteroatoms. The standard InChI is InChI=1S/C16H12N4O4/c1-10-4-2-6-12(8-10)15-18-19-16(24-15)17-14(21)11-5-3-7-13(9-11)20(22)23/h2-9H,1H3,(H,17,19,21). The molecule has 1 aromatic heterocycles. The third-order valence-electron chi connectivity index (χ3n) is 3.23. The number of hydrogen-bond acceptors (Lipinski definition) is 6. The summed E-state index contributed by atoms with van der Waals surface area (Å²) < 4.78 is 5.41. The summed E-state index contributed by atoms with van der Waals surface area (Å²) in [6.45, 7) is 1.94. The van der Waals surface area contributed by atoms with E-state index in [0.717, 1.165) is 11.1 Å². The van der Waals surface area contributed by atoms with Gasteiger partial charge in [-0.2, -0.15) is 0 Å². The van der Waals surface area contributed by atoms with Gasteiger partial charge < -0.3 is 4.42 Å². The van der Waals surface area contributed by atoms with Crippen molar-refractivity contribution in [2.24, 2.45) is 0 Å². The van der Waals surface area contributed by atoms with Crippen molar-refractivity contribution in [2.45, 2.75) is 6.92 Å². The van der Waals surface area contributed by atoms with Crippen LogP contribution in [-0.4, -0.2) is 21.0 Å². The predicted molar refractivity (Wildman–Crippen MR) is 85.5 cm³/mol. The molecule has 2 aromatic carbocycles. The fourth-order valence-electron chi connectivity index (χ4n) is 2.10. The van der Waals surface area contributed by atoms with Gasteiger partial charge in [0.2, 0.25) is 5.89 Å². The van der Waals surface area contributed by atoms with Crippen molar-refractivity contribution in [1.82, 2.24) is 10.2 Å². The molecule has 0 aliphatic rings. The van der Waals surface area contributed by atoms with Crippen molar-refractivity contribution in [1.29, 1.82) is 0 Å². The van der Waals surface area contributed by atoms with Gasteiger partial charge in [-0.3, -0.25) is 20.2 Å². The van der Waals surface area contributed by atoms with Gasteiger partial charge in [0, 0.05) is 23.3 Å². The van der Waals surface area contributed by atoms with Crippen LogP contribution in [0.4, 0.5) is 11.7 Å². The largest absolute Gasteiger partial charge is 0.403 e. The number of aryl methyl sites for hydroxylation is 1. The van der Waals surface area contributed by atoms with E-state index in [0.29, 0.717) is 0 Å². The number of nitrogens with one attached hydrogen (secondary N) is 1. The smallest absolute Gasteiger partial charge is 0.322 e. The van der Waals surface area contributed by atoms with Crippen LogP contribution in [-0.2, 0) is 0 Å². The van der Waals surface area contributed by atoms with Gasteiger partial charge in [0.05, 0.1) is 4.92 Å². The predicted octanol–water partition coefficient (Wildman–Crippen LogP) is 3.21. The molecule has 120 valence electrons. The lowest BCUT2D eigenvalue weighted by Gasteiger charge is -2.00. The summed E-state index contributed by atoms with van der Waals surface area (Å²) >= 11 is 0. The Morgan fingerprint density at radius 2 is 1.96 bits per heavy atom. The molecule has 0 aliphatic carbocycles. The van der Waals surface area contributed by atoms with Gasteiger partial charge in [0.25, 0.3) is 11.6 Å². The molecule has 1 heterocycles. The van der Waals surface area contributed by atoms with Crippen molar-refractivity contribution in [3.05, 3.63) is 69.8 Å². The fraction of sp³-hybridized carbons (Fsp3) is 0.0625. The highest BCUT2D eigenvalue weighted by atomic mass is 16.6. The molecule has 24 heavy (non-hydrogen) atoms. The van der Waals surface area contributed by atoms with Crippen LogP contribution in [0.3, 0.4) is 0 Å². The van der Waals surface area contributed by atoms with E-state index in [-0.39, 0.29) is 23.2 Å². The van der Waals surface area contributed by atoms with Gasteiger partial charge in [-0.25, -0.2) is 0 Å². The van der Waals surface area contributed by atoms with E-state index in [4.69, 9.17) is 4.42 Å². The number of rotatable bonds is 4. The zero-order valence-corrected chi connectivity index (χ0v) is 12.6. The number of benzene rings is 2. The van der Waals surface area contributed by atoms with Gasteiger partial charge in [0.15, 0.2) is 0 Å². The number of aromatic nitrogens is 2. The Hall–Kier alpha value is -3.55. The maximum Gasteiger partial charge on any atom is 0.322 e. The molecule has 1 amide bonds. The number of nitro benzene ring substituents is 1. The van der Waals surface area contributed by atoms with Crippen LogP contribution < -0.4 is 5.32 Å². The molecule has 0 aliphatic heterocycles. The van der Waals surface area contributed by atoms with Crippen LogP contribution in [0.15, 0.2) is 52.9 Å². The Morgan fingerprint density at radius 1 is 1.17 bits per heavy atom. The maximum absolute atomic E-state index is 12.1. The van der Waals surface area contributed by atoms with Gasteiger partial charge in [-0.15, -0.1) is 5.10 Å². The van der Waals surface area contributed by atoms with Crippen molar-refractivity contribution >= 4 is 17.6 Å². The minimum absolute atomic E-state index is 0.0805. The molecular weight excluding hydrogens is 312 g/mol. The first-order valence-corrected chi connectivity index (χ1v) is 6.99. The average Bonchev–Trinajstić information content (AvgIpc) is 3.03. The molecule has 0 atom stereocenters. The number of non-ortho nitro benzene ring substituents is 1. The minimum atomic E-state index is -0.571. The second-order valence-electron chi connectivity index (χ2n) is 5.04. The van der Waals surface area contributed by atoms with Gasteiger partial charge in [-0.1, -0.05) is 28.9 Å². The van der Waals surface area contributed by atoms with Gasteiger partial charge in [-0.05, 0) is 25.1 Å². The summed E-state index contributed by atoms with van der Waals surface area (Å²) in [6, 6.07) is 12.8. The number of nitrogens with zero attached hydrogens (tertiary/aromatic N) is 3. The summed E-state index contributed by atoms with van der Waals surface area (Å²) in [6.07, 6.45) is 0. The minimum Gasteiger partial charge on any atom is -0.403 e. The lowest BCUT2D eigenvalue weighted by molar-refractivity contribution is -0.384. The summed E-state index contributed by atoms with van der Waals surface area (Å²) in [5, 5.41) is 20.8. The Balaban J connectivity index is 1.78. The summed E-state index contributed by atoms with van der Waals surface area (Å²) in [5.41, 5.74) is 1.72. The monoisotopic (exact) mass is 324 g/mol. The van der Waals surface area contributed by atoms with Gasteiger partial charge in [0.1, 0.15) is 0 Å². The first-order chi connectivity index (χ1) is 11.5. The van der Waals surface area contributed by atoms with Crippen LogP contribution in [0.25, 0.3) is 11.5 Å². The van der Waals surface area contributed by atoms with E-state index < -0.39 is 10.8 Å². The van der Waals surface area contributed by atoms with E-state index in [9.17, 15) is 14.9 Å². The molecule has 0 saturated carbocycles. The van der Waals surface area contributed by atoms with Crippen LogP contribution in [0.2, 0.25) is 0 Å². The van der Waals surface area contributed by atoms with Crippen molar-refractivity contribution in [3.63, 3.8) is 0 Å². The number of anilines is 1. The number of carbonyl (C=O) groups excluding carboxylic acids is 1. The number of carbonyl (C=O) groups is 1. The number of nitro groups is 1. The van der Waals surface area contributed by atoms with E-state index in [1.165, 1.54) is 24.3 Å². The Kier molecular flexibility index (Phi) is 4.02. The molecular formula is C16H12N4O4. The number of amides is 1. The van der Waals surface area contributed by atoms with E-state index in [2.05, 4.69) is 15.5 Å². The highest BCUT2D eigenvalue weighted by Gasteiger charge is 2.15. The highest BCUT2D eigenvalue weighted by molar-refractivity contribution is 6.03. The Labute approximate surface area is 136 Å². The van der Waals surface area contributed by atoms with Crippen molar-refractivity contribution in [3.8, 4) is 11.5 Å². The molecule has 0 bridgehead atoms. The molecule has 8 nitrogen and oxygen atoms in total. The average molecular weight is 324 g/mol. The van der Waals surface area contributed by atoms with Crippen LogP contribution in [0, 0.1) is 17.0 Å². The second-order valence-corrected chi connectivity index (χ2v) is 5.04. The summed E-state index contributed by atoms with van der Waals surface area (Å²) in [5.74, 6) is -0.300. The molecule has 0 spiro atoms. The molecule has 0 saturated heterocycles. The summed E-state index contributed by atoms with van der Waals surface area (Å²) in [4.78, 5) is 22.3. The first-order valence-electron chi connectivity index (χ1n) is 6.99. The molecule has 3 rings (SSSR count). The Bertz CT molecular complexity index is 920. The molecule has 0 unspecified atom stereocenters. The van der Waals surface area contributed by atoms with Gasteiger partial charge >= 0.3 is 6.01 Å². The maximum atomic E-state index is 12.1. The highest BCUT2D eigenvalue weighted by Crippen LogP contribution is 2.21. The van der Waals surface area contributed by atoms with E-state index in [1.807, 2.05) is 31.2 Å². The van der Waals surface area contributed by atoms with Crippen molar-refractivity contribution < 1.29 is 14.1 Å². The normalized spacial score (nSPS) is 10.4. The van der Waals surface area contributed by atoms with Crippen molar-refractivity contribution in [2.75, 3.05) is 5.32 Å². The number of hydrogen-bond donors (Lipinski definition) is 1. The molecule has 0 fully saturated rings. The molecule has 3 aromatic rings. The lowest BCUT2D eigenvalue weighted by Crippen LogP contribution is -2.12. The molecule has 1 N–H and O–H groups in total. The summed E-state index contributed by atoms with van der Waals surface area (Å²) in [7, 11) is 0. The SMILES string of the molecule is Cc1cccc(-c2nnc(NC(=O)c3cccc([N+](=O)[O-])c3)o2)c1. The lowest BCUT2D eigenvalue weighted by atomic mass is 10.1. The quantitative estimate of drug-likeness (QED) is 0.582. The topological polar surface area (TPSA) is 111 Å². The fourth-order valence-corrected chi connectivity index (χ4v) is 2.10. The van der Waals surface area contributed by atoms with E-state index in [1.54, 1.807) is 0 Å². The zero-order valence-electron chi connectivity index (χ0n) is 12.6. The third-order valence-corrected chi connectivity index (χ3v) is 3.23. The van der Waals surface area contributed by atoms with Crippen LogP contribution in [0.5, 0.6) is 0 Å². The third kappa shape index (κ3) is 3.27. The van der Waals surface area contributed by atoms with Crippen LogP contribution >= 0.6 is 0 Å².